The molecular formula is C17H13ClFNO4S. The summed E-state index contributed by atoms with van der Waals surface area (Å²) in [6, 6.07) is 5.78. The highest BCUT2D eigenvalue weighted by atomic mass is 35.5. The van der Waals surface area contributed by atoms with E-state index in [1.54, 1.807) is 19.1 Å². The van der Waals surface area contributed by atoms with Crippen LogP contribution in [-0.4, -0.2) is 28.7 Å². The van der Waals surface area contributed by atoms with E-state index in [0.717, 1.165) is 11.3 Å². The first kappa shape index (κ1) is 17.4. The minimum absolute atomic E-state index is 0.0112. The lowest BCUT2D eigenvalue weighted by Crippen LogP contribution is -2.13. The Bertz CT molecular complexity index is 1010. The molecule has 1 aromatic carbocycles. The monoisotopic (exact) mass is 381 g/mol. The molecule has 0 spiro atoms. The Kier molecular flexibility index (Phi) is 4.53. The molecule has 0 aliphatic carbocycles. The van der Waals surface area contributed by atoms with E-state index >= 15 is 0 Å². The fraction of sp³-hybridized carbons (Fsp3) is 0.176. The van der Waals surface area contributed by atoms with Crippen LogP contribution in [0.3, 0.4) is 0 Å². The third-order valence-electron chi connectivity index (χ3n) is 3.92. The van der Waals surface area contributed by atoms with Gasteiger partial charge in [0.25, 0.3) is 5.91 Å². The van der Waals surface area contributed by atoms with Crippen molar-refractivity contribution in [2.45, 2.75) is 13.3 Å². The van der Waals surface area contributed by atoms with Gasteiger partial charge < -0.3 is 9.84 Å². The summed E-state index contributed by atoms with van der Waals surface area (Å²) < 4.78 is 20.9. The average Bonchev–Trinajstić information content (AvgIpc) is 3.08. The summed E-state index contributed by atoms with van der Waals surface area (Å²) in [6.45, 7) is 1.63. The SMILES string of the molecule is COc1cc2c(CC(=O)O)c(C)n(C(=O)c3ccc(Cl)s3)c2cc1F. The van der Waals surface area contributed by atoms with Crippen LogP contribution in [0.1, 0.15) is 20.9 Å². The van der Waals surface area contributed by atoms with Crippen molar-refractivity contribution in [1.29, 1.82) is 0 Å². The van der Waals surface area contributed by atoms with Crippen LogP contribution in [-0.2, 0) is 11.2 Å². The summed E-state index contributed by atoms with van der Waals surface area (Å²) in [7, 11) is 1.32. The third-order valence-corrected chi connectivity index (χ3v) is 5.14. The maximum Gasteiger partial charge on any atom is 0.307 e. The van der Waals surface area contributed by atoms with E-state index in [-0.39, 0.29) is 18.1 Å². The van der Waals surface area contributed by atoms with E-state index in [1.807, 2.05) is 0 Å². The number of benzene rings is 1. The third kappa shape index (κ3) is 3.01. The van der Waals surface area contributed by atoms with Crippen molar-refractivity contribution < 1.29 is 23.8 Å². The van der Waals surface area contributed by atoms with Crippen LogP contribution >= 0.6 is 22.9 Å². The molecule has 0 radical (unpaired) electrons. The molecule has 0 amide bonds. The number of halogens is 2. The highest BCUT2D eigenvalue weighted by molar-refractivity contribution is 7.18. The molecule has 2 aromatic heterocycles. The molecule has 0 aliphatic rings. The Labute approximate surface area is 151 Å². The topological polar surface area (TPSA) is 68.5 Å². The zero-order valence-electron chi connectivity index (χ0n) is 13.3. The van der Waals surface area contributed by atoms with E-state index in [9.17, 15) is 19.1 Å². The van der Waals surface area contributed by atoms with Gasteiger partial charge in [0.15, 0.2) is 11.6 Å². The number of carboxylic acid groups (broad SMARTS) is 1. The van der Waals surface area contributed by atoms with Crippen LogP contribution in [0.25, 0.3) is 10.9 Å². The summed E-state index contributed by atoms with van der Waals surface area (Å²) in [4.78, 5) is 24.5. The molecule has 130 valence electrons. The highest BCUT2D eigenvalue weighted by Crippen LogP contribution is 2.33. The standard InChI is InChI=1S/C17H13ClFNO4S/c1-8-9(6-16(21)22)10-5-13(24-2)11(19)7-12(10)20(8)17(23)14-3-4-15(18)25-14/h3-5,7H,6H2,1-2H3,(H,21,22). The Hall–Kier alpha value is -2.38. The number of fused-ring (bicyclic) bond motifs is 1. The maximum atomic E-state index is 14.2. The Morgan fingerprint density at radius 3 is 2.64 bits per heavy atom. The molecule has 0 bridgehead atoms. The maximum absolute atomic E-state index is 14.2. The van der Waals surface area contributed by atoms with Crippen molar-refractivity contribution in [3.8, 4) is 5.75 Å². The van der Waals surface area contributed by atoms with Gasteiger partial charge in [0, 0.05) is 17.1 Å². The fourth-order valence-corrected chi connectivity index (χ4v) is 3.79. The summed E-state index contributed by atoms with van der Waals surface area (Å²) in [5, 5.41) is 9.65. The first-order chi connectivity index (χ1) is 11.8. The second-order valence-corrected chi connectivity index (χ2v) is 7.10. The first-order valence-corrected chi connectivity index (χ1v) is 8.42. The van der Waals surface area contributed by atoms with Gasteiger partial charge in [-0.25, -0.2) is 4.39 Å². The molecule has 25 heavy (non-hydrogen) atoms. The summed E-state index contributed by atoms with van der Waals surface area (Å²) in [5.74, 6) is -2.08. The predicted molar refractivity (Wildman–Crippen MR) is 93.6 cm³/mol. The van der Waals surface area contributed by atoms with Gasteiger partial charge in [0.2, 0.25) is 0 Å². The van der Waals surface area contributed by atoms with Gasteiger partial charge in [0.1, 0.15) is 0 Å². The lowest BCUT2D eigenvalue weighted by atomic mass is 10.1. The molecule has 0 atom stereocenters. The number of methoxy groups -OCH3 is 1. The second kappa shape index (κ2) is 6.50. The van der Waals surface area contributed by atoms with Crippen molar-refractivity contribution in [1.82, 2.24) is 4.57 Å². The van der Waals surface area contributed by atoms with Crippen molar-refractivity contribution in [2.75, 3.05) is 7.11 Å². The summed E-state index contributed by atoms with van der Waals surface area (Å²) in [5.41, 5.74) is 1.18. The number of carbonyl (C=O) groups excluding carboxylic acids is 1. The first-order valence-electron chi connectivity index (χ1n) is 7.22. The van der Waals surface area contributed by atoms with Gasteiger partial charge in [-0.2, -0.15) is 0 Å². The number of aromatic nitrogens is 1. The molecule has 5 nitrogen and oxygen atoms in total. The van der Waals surface area contributed by atoms with Crippen LogP contribution in [0.2, 0.25) is 4.34 Å². The fourth-order valence-electron chi connectivity index (χ4n) is 2.81. The van der Waals surface area contributed by atoms with Gasteiger partial charge in [-0.3, -0.25) is 14.2 Å². The molecule has 0 unspecified atom stereocenters. The minimum atomic E-state index is -1.04. The Morgan fingerprint density at radius 2 is 2.08 bits per heavy atom. The van der Waals surface area contributed by atoms with Crippen molar-refractivity contribution in [2.24, 2.45) is 0 Å². The number of ether oxygens (including phenoxy) is 1. The van der Waals surface area contributed by atoms with Crippen molar-refractivity contribution in [3.63, 3.8) is 0 Å². The van der Waals surface area contributed by atoms with Crippen LogP contribution < -0.4 is 4.74 Å². The highest BCUT2D eigenvalue weighted by Gasteiger charge is 2.24. The number of carboxylic acids is 1. The van der Waals surface area contributed by atoms with Gasteiger partial charge in [0.05, 0.1) is 28.3 Å². The second-order valence-electron chi connectivity index (χ2n) is 5.38. The largest absolute Gasteiger partial charge is 0.494 e. The molecule has 3 rings (SSSR count). The number of thiophene rings is 1. The molecule has 0 saturated heterocycles. The van der Waals surface area contributed by atoms with E-state index in [1.165, 1.54) is 23.8 Å². The molecule has 0 saturated carbocycles. The zero-order valence-corrected chi connectivity index (χ0v) is 14.9. The molecule has 8 heteroatoms. The summed E-state index contributed by atoms with van der Waals surface area (Å²) >= 11 is 6.99. The number of rotatable bonds is 4. The molecule has 2 heterocycles. The van der Waals surface area contributed by atoms with E-state index in [4.69, 9.17) is 16.3 Å². The van der Waals surface area contributed by atoms with Gasteiger partial charge in [-0.1, -0.05) is 11.6 Å². The zero-order chi connectivity index (χ0) is 18.3. The van der Waals surface area contributed by atoms with Crippen LogP contribution in [0.4, 0.5) is 4.39 Å². The van der Waals surface area contributed by atoms with E-state index in [0.29, 0.717) is 31.4 Å². The minimum Gasteiger partial charge on any atom is -0.494 e. The Morgan fingerprint density at radius 1 is 1.36 bits per heavy atom. The lowest BCUT2D eigenvalue weighted by molar-refractivity contribution is -0.136. The summed E-state index contributed by atoms with van der Waals surface area (Å²) in [6.07, 6.45) is -0.289. The number of hydrogen-bond acceptors (Lipinski definition) is 4. The predicted octanol–water partition coefficient (Wildman–Crippen LogP) is 4.13. The van der Waals surface area contributed by atoms with Crippen LogP contribution in [0, 0.1) is 12.7 Å². The lowest BCUT2D eigenvalue weighted by Gasteiger charge is -2.06. The van der Waals surface area contributed by atoms with Crippen molar-refractivity contribution >= 4 is 45.7 Å². The van der Waals surface area contributed by atoms with Crippen molar-refractivity contribution in [3.05, 3.63) is 50.6 Å². The number of nitrogens with zero attached hydrogens (tertiary/aromatic N) is 1. The molecule has 0 fully saturated rings. The van der Waals surface area contributed by atoms with Crippen LogP contribution in [0.15, 0.2) is 24.3 Å². The van der Waals surface area contributed by atoms with E-state index < -0.39 is 11.8 Å². The molecule has 1 N–H and O–H groups in total. The van der Waals surface area contributed by atoms with Gasteiger partial charge in [-0.15, -0.1) is 11.3 Å². The smallest absolute Gasteiger partial charge is 0.307 e. The molecule has 3 aromatic rings. The quantitative estimate of drug-likeness (QED) is 0.737. The number of carbonyl (C=O) groups is 2. The normalized spacial score (nSPS) is 11.0. The number of hydrogen-bond donors (Lipinski definition) is 1. The molecular weight excluding hydrogens is 369 g/mol. The number of aliphatic carboxylic acids is 1. The van der Waals surface area contributed by atoms with Gasteiger partial charge in [-0.05, 0) is 30.7 Å². The average molecular weight is 382 g/mol. The molecule has 0 aliphatic heterocycles. The van der Waals surface area contributed by atoms with Gasteiger partial charge >= 0.3 is 5.97 Å². The van der Waals surface area contributed by atoms with Crippen LogP contribution in [0.5, 0.6) is 5.75 Å². The Balaban J connectivity index is 2.30. The van der Waals surface area contributed by atoms with E-state index in [2.05, 4.69) is 0 Å².